The van der Waals surface area contributed by atoms with Gasteiger partial charge in [0.15, 0.2) is 0 Å². The van der Waals surface area contributed by atoms with Crippen LogP contribution in [0.25, 0.3) is 11.3 Å². The van der Waals surface area contributed by atoms with Gasteiger partial charge in [0.05, 0.1) is 23.9 Å². The summed E-state index contributed by atoms with van der Waals surface area (Å²) in [6, 6.07) is 19.5. The third-order valence-electron chi connectivity index (χ3n) is 5.78. The van der Waals surface area contributed by atoms with Crippen molar-refractivity contribution in [1.29, 1.82) is 0 Å². The molecule has 3 aromatic carbocycles. The van der Waals surface area contributed by atoms with Gasteiger partial charge in [0.2, 0.25) is 0 Å². The van der Waals surface area contributed by atoms with E-state index in [1.54, 1.807) is 36.4 Å². The highest BCUT2D eigenvalue weighted by Gasteiger charge is 2.31. The van der Waals surface area contributed by atoms with Gasteiger partial charge in [0.1, 0.15) is 18.2 Å². The van der Waals surface area contributed by atoms with E-state index in [1.807, 2.05) is 23.6 Å². The summed E-state index contributed by atoms with van der Waals surface area (Å²) in [5.74, 6) is -0.607. The Labute approximate surface area is 205 Å². The first kappa shape index (κ1) is 25.0. The minimum absolute atomic E-state index is 0.0551. The number of esters is 1. The Morgan fingerprint density at radius 2 is 1.67 bits per heavy atom. The topological polar surface area (TPSA) is 40.5 Å². The largest absolute Gasteiger partial charge is 0.488 e. The van der Waals surface area contributed by atoms with Gasteiger partial charge < -0.3 is 14.0 Å². The normalized spacial score (nSPS) is 11.4. The van der Waals surface area contributed by atoms with Gasteiger partial charge >= 0.3 is 12.1 Å². The number of halogens is 4. The molecule has 0 saturated carbocycles. The van der Waals surface area contributed by atoms with Crippen LogP contribution in [0, 0.1) is 12.7 Å². The molecule has 0 spiro atoms. The molecule has 1 aromatic heterocycles. The second kappa shape index (κ2) is 10.3. The molecule has 0 aliphatic rings. The number of alkyl halides is 3. The Morgan fingerprint density at radius 3 is 2.36 bits per heavy atom. The number of carbonyl (C=O) groups excluding carboxylic acids is 1. The highest BCUT2D eigenvalue weighted by molar-refractivity contribution is 5.89. The monoisotopic (exact) mass is 497 g/mol. The van der Waals surface area contributed by atoms with Gasteiger partial charge in [-0.15, -0.1) is 0 Å². The Hall–Kier alpha value is -4.07. The summed E-state index contributed by atoms with van der Waals surface area (Å²) in [6.07, 6.45) is -4.54. The number of hydrogen-bond acceptors (Lipinski definition) is 3. The Bertz CT molecular complexity index is 1370. The fourth-order valence-corrected chi connectivity index (χ4v) is 3.89. The molecule has 0 amide bonds. The first-order valence-electron chi connectivity index (χ1n) is 11.1. The molecule has 1 heterocycles. The fraction of sp³-hybridized carbons (Fsp3) is 0.179. The molecule has 4 nitrogen and oxygen atoms in total. The molecule has 186 valence electrons. The predicted molar refractivity (Wildman–Crippen MR) is 127 cm³/mol. The Kier molecular flexibility index (Phi) is 7.15. The second-order valence-corrected chi connectivity index (χ2v) is 8.26. The zero-order valence-corrected chi connectivity index (χ0v) is 19.6. The van der Waals surface area contributed by atoms with Crippen LogP contribution in [-0.2, 0) is 24.1 Å². The van der Waals surface area contributed by atoms with Gasteiger partial charge in [-0.25, -0.2) is 9.18 Å². The number of carbonyl (C=O) groups is 1. The van der Waals surface area contributed by atoms with E-state index in [1.165, 1.54) is 25.3 Å². The van der Waals surface area contributed by atoms with E-state index in [4.69, 9.17) is 9.47 Å². The van der Waals surface area contributed by atoms with Crippen LogP contribution in [-0.4, -0.2) is 17.6 Å². The van der Waals surface area contributed by atoms with Crippen molar-refractivity contribution in [2.75, 3.05) is 7.11 Å². The van der Waals surface area contributed by atoms with Crippen molar-refractivity contribution in [3.63, 3.8) is 0 Å². The number of nitrogens with zero attached hydrogens (tertiary/aromatic N) is 1. The van der Waals surface area contributed by atoms with Crippen molar-refractivity contribution >= 4 is 5.97 Å². The van der Waals surface area contributed by atoms with Gasteiger partial charge in [-0.1, -0.05) is 24.3 Å². The van der Waals surface area contributed by atoms with Crippen molar-refractivity contribution in [3.8, 4) is 17.0 Å². The average Bonchev–Trinajstić information content (AvgIpc) is 3.22. The van der Waals surface area contributed by atoms with E-state index >= 15 is 0 Å². The minimum Gasteiger partial charge on any atom is -0.488 e. The van der Waals surface area contributed by atoms with E-state index in [0.717, 1.165) is 23.4 Å². The van der Waals surface area contributed by atoms with Crippen LogP contribution < -0.4 is 4.74 Å². The molecule has 0 N–H and O–H groups in total. The Balaban J connectivity index is 1.73. The average molecular weight is 497 g/mol. The van der Waals surface area contributed by atoms with Crippen LogP contribution in [0.15, 0.2) is 78.9 Å². The molecular weight excluding hydrogens is 474 g/mol. The molecule has 0 aliphatic carbocycles. The molecule has 0 atom stereocenters. The smallest absolute Gasteiger partial charge is 0.416 e. The lowest BCUT2D eigenvalue weighted by Gasteiger charge is -2.18. The highest BCUT2D eigenvalue weighted by Crippen LogP contribution is 2.38. The number of hydrogen-bond donors (Lipinski definition) is 0. The molecule has 4 aromatic rings. The number of ether oxygens (including phenoxy) is 2. The summed E-state index contributed by atoms with van der Waals surface area (Å²) in [5, 5.41) is 0. The lowest BCUT2D eigenvalue weighted by molar-refractivity contribution is -0.137. The van der Waals surface area contributed by atoms with Crippen molar-refractivity contribution in [1.82, 2.24) is 4.57 Å². The minimum atomic E-state index is -4.54. The maximum atomic E-state index is 13.6. The van der Waals surface area contributed by atoms with E-state index < -0.39 is 23.5 Å². The Morgan fingerprint density at radius 1 is 0.917 bits per heavy atom. The first-order chi connectivity index (χ1) is 17.2. The molecule has 0 bridgehead atoms. The SMILES string of the molecule is COC(=O)c1cccc(Cn2c(C)ccc2-c2cc(C(F)(F)F)ccc2OCc2ccc(F)cc2)c1. The molecule has 0 aliphatic heterocycles. The lowest BCUT2D eigenvalue weighted by atomic mass is 10.1. The molecule has 8 heteroatoms. The number of methoxy groups -OCH3 is 1. The van der Waals surface area contributed by atoms with Crippen molar-refractivity contribution in [3.05, 3.63) is 113 Å². The molecule has 0 unspecified atom stereocenters. The summed E-state index contributed by atoms with van der Waals surface area (Å²) in [7, 11) is 1.30. The highest BCUT2D eigenvalue weighted by atomic mass is 19.4. The summed E-state index contributed by atoms with van der Waals surface area (Å²) in [5.41, 5.74) is 2.64. The van der Waals surface area contributed by atoms with Crippen LogP contribution in [0.1, 0.15) is 32.7 Å². The van der Waals surface area contributed by atoms with E-state index in [2.05, 4.69) is 0 Å². The first-order valence-corrected chi connectivity index (χ1v) is 11.1. The fourth-order valence-electron chi connectivity index (χ4n) is 3.89. The summed E-state index contributed by atoms with van der Waals surface area (Å²) in [6.45, 7) is 2.21. The van der Waals surface area contributed by atoms with Crippen LogP contribution in [0.4, 0.5) is 17.6 Å². The van der Waals surface area contributed by atoms with Gasteiger partial charge in [-0.05, 0) is 72.6 Å². The van der Waals surface area contributed by atoms with Gasteiger partial charge in [0, 0.05) is 17.8 Å². The zero-order chi connectivity index (χ0) is 25.9. The molecule has 36 heavy (non-hydrogen) atoms. The van der Waals surface area contributed by atoms with Crippen LogP contribution in [0.3, 0.4) is 0 Å². The van der Waals surface area contributed by atoms with Gasteiger partial charge in [0.25, 0.3) is 0 Å². The van der Waals surface area contributed by atoms with Crippen LogP contribution in [0.2, 0.25) is 0 Å². The molecular formula is C28H23F4NO3. The maximum absolute atomic E-state index is 13.6. The molecule has 0 saturated heterocycles. The standard InChI is InChI=1S/C28H23F4NO3/c1-18-6-12-25(33(18)16-20-4-3-5-21(14-20)27(34)35-2)24-15-22(28(30,31)32)9-13-26(24)36-17-19-7-10-23(29)11-8-19/h3-15H,16-17H2,1-2H3. The van der Waals surface area contributed by atoms with Crippen LogP contribution >= 0.6 is 0 Å². The molecule has 0 radical (unpaired) electrons. The van der Waals surface area contributed by atoms with Gasteiger partial charge in [-0.3, -0.25) is 0 Å². The summed E-state index contributed by atoms with van der Waals surface area (Å²) >= 11 is 0. The van der Waals surface area contributed by atoms with E-state index in [0.29, 0.717) is 23.4 Å². The maximum Gasteiger partial charge on any atom is 0.416 e. The lowest BCUT2D eigenvalue weighted by Crippen LogP contribution is -2.09. The second-order valence-electron chi connectivity index (χ2n) is 8.26. The third-order valence-corrected chi connectivity index (χ3v) is 5.78. The van der Waals surface area contributed by atoms with E-state index in [9.17, 15) is 22.4 Å². The summed E-state index contributed by atoms with van der Waals surface area (Å²) < 4.78 is 66.5. The van der Waals surface area contributed by atoms with Crippen molar-refractivity contribution in [2.45, 2.75) is 26.3 Å². The van der Waals surface area contributed by atoms with E-state index in [-0.39, 0.29) is 17.9 Å². The zero-order valence-electron chi connectivity index (χ0n) is 19.6. The summed E-state index contributed by atoms with van der Waals surface area (Å²) in [4.78, 5) is 11.9. The van der Waals surface area contributed by atoms with Crippen molar-refractivity contribution in [2.24, 2.45) is 0 Å². The number of benzene rings is 3. The molecule has 0 fully saturated rings. The van der Waals surface area contributed by atoms with Gasteiger partial charge in [-0.2, -0.15) is 13.2 Å². The third kappa shape index (κ3) is 5.59. The number of rotatable bonds is 7. The van der Waals surface area contributed by atoms with Crippen LogP contribution in [0.5, 0.6) is 5.75 Å². The molecule has 4 rings (SSSR count). The number of aromatic nitrogens is 1. The number of aryl methyl sites for hydroxylation is 1. The predicted octanol–water partition coefficient (Wildman–Crippen LogP) is 7.04. The quantitative estimate of drug-likeness (QED) is 0.203. The van der Waals surface area contributed by atoms with Crippen molar-refractivity contribution < 1.29 is 31.8 Å².